The lowest BCUT2D eigenvalue weighted by atomic mass is 10.2. The van der Waals surface area contributed by atoms with Crippen LogP contribution in [-0.2, 0) is 14.8 Å². The summed E-state index contributed by atoms with van der Waals surface area (Å²) in [5.41, 5.74) is 1.43. The second-order valence-electron chi connectivity index (χ2n) is 4.00. The van der Waals surface area contributed by atoms with E-state index in [9.17, 15) is 13.2 Å². The van der Waals surface area contributed by atoms with Gasteiger partial charge in [0, 0.05) is 23.3 Å². The summed E-state index contributed by atoms with van der Waals surface area (Å²) in [6.07, 6.45) is 0.0000600. The number of aliphatic carboxylic acids is 1. The highest BCUT2D eigenvalue weighted by atomic mass is 32.2. The van der Waals surface area contributed by atoms with Gasteiger partial charge in [-0.25, -0.2) is 8.42 Å². The van der Waals surface area contributed by atoms with Gasteiger partial charge in [-0.3, -0.25) is 9.10 Å². The van der Waals surface area contributed by atoms with Gasteiger partial charge in [0.1, 0.15) is 0 Å². The largest absolute Gasteiger partial charge is 0.481 e. The highest BCUT2D eigenvalue weighted by Gasteiger charge is 2.26. The van der Waals surface area contributed by atoms with Crippen molar-refractivity contribution >= 4 is 38.3 Å². The summed E-state index contributed by atoms with van der Waals surface area (Å²) in [7, 11) is -1.97. The second kappa shape index (κ2) is 5.26. The molecule has 1 aromatic rings. The predicted molar refractivity (Wildman–Crippen MR) is 76.5 cm³/mol. The fourth-order valence-electron chi connectivity index (χ4n) is 1.73. The van der Waals surface area contributed by atoms with E-state index in [4.69, 9.17) is 5.11 Å². The molecule has 0 radical (unpaired) electrons. The number of benzene rings is 1. The molecule has 0 atom stereocenters. The van der Waals surface area contributed by atoms with E-state index < -0.39 is 16.0 Å². The van der Waals surface area contributed by atoms with Crippen LogP contribution in [-0.4, -0.2) is 32.3 Å². The molecule has 102 valence electrons. The van der Waals surface area contributed by atoms with Gasteiger partial charge in [-0.1, -0.05) is 18.2 Å². The van der Waals surface area contributed by atoms with Crippen molar-refractivity contribution < 1.29 is 18.3 Å². The Hall–Kier alpha value is -1.47. The SMILES string of the molecule is CN1c2ccccc2C(SCCC(=O)O)=CS1(=O)=O. The maximum Gasteiger partial charge on any atom is 0.304 e. The van der Waals surface area contributed by atoms with Gasteiger partial charge in [-0.15, -0.1) is 11.8 Å². The van der Waals surface area contributed by atoms with E-state index in [2.05, 4.69) is 0 Å². The minimum atomic E-state index is -3.47. The highest BCUT2D eigenvalue weighted by molar-refractivity contribution is 8.09. The topological polar surface area (TPSA) is 74.7 Å². The second-order valence-corrected chi connectivity index (χ2v) is 6.95. The summed E-state index contributed by atoms with van der Waals surface area (Å²) in [4.78, 5) is 11.1. The summed E-state index contributed by atoms with van der Waals surface area (Å²) in [5, 5.41) is 9.82. The van der Waals surface area contributed by atoms with Gasteiger partial charge in [0.25, 0.3) is 10.0 Å². The Bertz CT molecular complexity index is 637. The van der Waals surface area contributed by atoms with Gasteiger partial charge in [0.05, 0.1) is 17.5 Å². The van der Waals surface area contributed by atoms with Gasteiger partial charge in [0.2, 0.25) is 0 Å². The molecule has 7 heteroatoms. The van der Waals surface area contributed by atoms with Gasteiger partial charge < -0.3 is 5.11 Å². The Morgan fingerprint density at radius 1 is 1.37 bits per heavy atom. The van der Waals surface area contributed by atoms with E-state index in [0.29, 0.717) is 16.3 Å². The van der Waals surface area contributed by atoms with E-state index in [0.717, 1.165) is 5.56 Å². The molecule has 0 fully saturated rings. The van der Waals surface area contributed by atoms with E-state index in [1.54, 1.807) is 12.1 Å². The van der Waals surface area contributed by atoms with Crippen LogP contribution in [0, 0.1) is 0 Å². The molecule has 1 aliphatic heterocycles. The molecule has 1 heterocycles. The molecule has 5 nitrogen and oxygen atoms in total. The molecule has 0 saturated heterocycles. The highest BCUT2D eigenvalue weighted by Crippen LogP contribution is 2.40. The Morgan fingerprint density at radius 2 is 2.05 bits per heavy atom. The first-order valence-corrected chi connectivity index (χ1v) is 8.05. The van der Waals surface area contributed by atoms with Crippen molar-refractivity contribution in [3.05, 3.63) is 35.2 Å². The number of thioether (sulfide) groups is 1. The van der Waals surface area contributed by atoms with Crippen LogP contribution in [0.5, 0.6) is 0 Å². The van der Waals surface area contributed by atoms with Crippen molar-refractivity contribution in [1.29, 1.82) is 0 Å². The fraction of sp³-hybridized carbons (Fsp3) is 0.250. The molecular weight excluding hydrogens is 286 g/mol. The number of carboxylic acid groups (broad SMARTS) is 1. The summed E-state index contributed by atoms with van der Waals surface area (Å²) in [6.45, 7) is 0. The van der Waals surface area contributed by atoms with Crippen LogP contribution in [0.15, 0.2) is 29.7 Å². The average Bonchev–Trinajstić information content (AvgIpc) is 2.35. The normalized spacial score (nSPS) is 16.7. The van der Waals surface area contributed by atoms with Crippen LogP contribution < -0.4 is 4.31 Å². The third-order valence-corrected chi connectivity index (χ3v) is 5.42. The number of hydrogen-bond donors (Lipinski definition) is 1. The van der Waals surface area contributed by atoms with Crippen LogP contribution in [0.2, 0.25) is 0 Å². The molecule has 2 rings (SSSR count). The van der Waals surface area contributed by atoms with E-state index in [-0.39, 0.29) is 6.42 Å². The lowest BCUT2D eigenvalue weighted by molar-refractivity contribution is -0.136. The van der Waals surface area contributed by atoms with Gasteiger partial charge in [0.15, 0.2) is 0 Å². The maximum atomic E-state index is 12.0. The van der Waals surface area contributed by atoms with Crippen LogP contribution in [0.4, 0.5) is 5.69 Å². The van der Waals surface area contributed by atoms with Crippen molar-refractivity contribution in [3.63, 3.8) is 0 Å². The van der Waals surface area contributed by atoms with Crippen molar-refractivity contribution in [2.45, 2.75) is 6.42 Å². The Balaban J connectivity index is 2.34. The molecule has 0 aromatic heterocycles. The number of nitrogens with zero attached hydrogens (tertiary/aromatic N) is 1. The zero-order valence-electron chi connectivity index (χ0n) is 10.2. The van der Waals surface area contributed by atoms with Gasteiger partial charge in [-0.05, 0) is 6.07 Å². The molecule has 19 heavy (non-hydrogen) atoms. The van der Waals surface area contributed by atoms with Crippen LogP contribution in [0.25, 0.3) is 4.91 Å². The molecule has 0 aliphatic carbocycles. The molecule has 1 aromatic carbocycles. The van der Waals surface area contributed by atoms with Crippen LogP contribution >= 0.6 is 11.8 Å². The predicted octanol–water partition coefficient (Wildman–Crippen LogP) is 1.97. The quantitative estimate of drug-likeness (QED) is 0.920. The third-order valence-electron chi connectivity index (χ3n) is 2.72. The number of fused-ring (bicyclic) bond motifs is 1. The zero-order chi connectivity index (χ0) is 14.0. The van der Waals surface area contributed by atoms with E-state index >= 15 is 0 Å². The van der Waals surface area contributed by atoms with Crippen molar-refractivity contribution in [2.24, 2.45) is 0 Å². The summed E-state index contributed by atoms with van der Waals surface area (Å²) >= 11 is 1.25. The summed E-state index contributed by atoms with van der Waals surface area (Å²) in [5.74, 6) is -0.550. The minimum absolute atomic E-state index is 0.0000600. The molecule has 0 unspecified atom stereocenters. The Kier molecular flexibility index (Phi) is 3.86. The molecule has 0 bridgehead atoms. The number of carbonyl (C=O) groups is 1. The Morgan fingerprint density at radius 3 is 2.74 bits per heavy atom. The van der Waals surface area contributed by atoms with Crippen molar-refractivity contribution in [2.75, 3.05) is 17.1 Å². The number of hydrogen-bond acceptors (Lipinski definition) is 4. The maximum absolute atomic E-state index is 12.0. The third kappa shape index (κ3) is 2.93. The Labute approximate surface area is 116 Å². The average molecular weight is 299 g/mol. The molecule has 1 aliphatic rings. The lowest BCUT2D eigenvalue weighted by Crippen LogP contribution is -2.28. The van der Waals surface area contributed by atoms with Crippen LogP contribution in [0.1, 0.15) is 12.0 Å². The number of rotatable bonds is 4. The fourth-order valence-corrected chi connectivity index (χ4v) is 4.18. The molecule has 0 spiro atoms. The lowest BCUT2D eigenvalue weighted by Gasteiger charge is -2.26. The van der Waals surface area contributed by atoms with Gasteiger partial charge in [-0.2, -0.15) is 0 Å². The standard InChI is InChI=1S/C12H13NO4S2/c1-13-10-5-3-2-4-9(10)11(8-19(13,16)17)18-7-6-12(14)15/h2-5,8H,6-7H2,1H3,(H,14,15). The number of para-hydroxylation sites is 1. The summed E-state index contributed by atoms with van der Waals surface area (Å²) < 4.78 is 25.2. The molecular formula is C12H13NO4S2. The number of sulfonamides is 1. The molecule has 0 saturated carbocycles. The van der Waals surface area contributed by atoms with Gasteiger partial charge >= 0.3 is 5.97 Å². The number of carboxylic acids is 1. The zero-order valence-corrected chi connectivity index (χ0v) is 11.9. The smallest absolute Gasteiger partial charge is 0.304 e. The van der Waals surface area contributed by atoms with Crippen molar-refractivity contribution in [1.82, 2.24) is 0 Å². The molecule has 0 amide bonds. The van der Waals surface area contributed by atoms with E-state index in [1.807, 2.05) is 12.1 Å². The molecule has 1 N–H and O–H groups in total. The minimum Gasteiger partial charge on any atom is -0.481 e. The van der Waals surface area contributed by atoms with Crippen molar-refractivity contribution in [3.8, 4) is 0 Å². The first-order chi connectivity index (χ1) is 8.92. The van der Waals surface area contributed by atoms with E-state index in [1.165, 1.54) is 28.5 Å². The number of anilines is 1. The first kappa shape index (κ1) is 14.0. The monoisotopic (exact) mass is 299 g/mol. The van der Waals surface area contributed by atoms with Crippen LogP contribution in [0.3, 0.4) is 0 Å². The summed E-state index contributed by atoms with van der Waals surface area (Å²) in [6, 6.07) is 7.17. The first-order valence-electron chi connectivity index (χ1n) is 5.56.